The van der Waals surface area contributed by atoms with Crippen LogP contribution < -0.4 is 9.56 Å². The molecular weight excluding hydrogens is 433 g/mol. The Morgan fingerprint density at radius 1 is 1.00 bits per heavy atom. The number of rotatable bonds is 5. The standard InChI is InChI=1S/C16H11F7N2O3S/c1-9(24-28-12-5-3-11(17)4-6-12)13-7-2-10(15(18,19)20)8-14(13)25-29(26,27)16(21,22)23/h2-8,25H,1H3/b24-9+. The number of alkyl halides is 6. The average Bonchev–Trinajstić information content (AvgIpc) is 2.59. The minimum atomic E-state index is -6.00. The summed E-state index contributed by atoms with van der Waals surface area (Å²) in [6, 6.07) is 5.89. The second-order valence-corrected chi connectivity index (χ2v) is 7.21. The number of hydrogen-bond acceptors (Lipinski definition) is 4. The van der Waals surface area contributed by atoms with Crippen molar-refractivity contribution in [1.29, 1.82) is 0 Å². The van der Waals surface area contributed by atoms with Crippen molar-refractivity contribution in [3.05, 3.63) is 59.4 Å². The van der Waals surface area contributed by atoms with Crippen molar-refractivity contribution in [2.45, 2.75) is 18.6 Å². The number of hydrogen-bond donors (Lipinski definition) is 1. The van der Waals surface area contributed by atoms with Crippen LogP contribution >= 0.6 is 0 Å². The van der Waals surface area contributed by atoms with Crippen LogP contribution in [0.25, 0.3) is 0 Å². The van der Waals surface area contributed by atoms with Crippen LogP contribution in [-0.4, -0.2) is 19.6 Å². The summed E-state index contributed by atoms with van der Waals surface area (Å²) in [7, 11) is -6.00. The van der Waals surface area contributed by atoms with Gasteiger partial charge in [0.25, 0.3) is 0 Å². The second-order valence-electron chi connectivity index (χ2n) is 5.53. The lowest BCUT2D eigenvalue weighted by Crippen LogP contribution is -2.30. The first-order valence-corrected chi connectivity index (χ1v) is 8.97. The maximum absolute atomic E-state index is 12.9. The zero-order valence-electron chi connectivity index (χ0n) is 14.3. The molecule has 29 heavy (non-hydrogen) atoms. The summed E-state index contributed by atoms with van der Waals surface area (Å²) < 4.78 is 113. The molecule has 0 unspecified atom stereocenters. The molecule has 0 aliphatic rings. The highest BCUT2D eigenvalue weighted by Gasteiger charge is 2.46. The van der Waals surface area contributed by atoms with E-state index < -0.39 is 44.3 Å². The maximum Gasteiger partial charge on any atom is 0.516 e. The molecule has 0 atom stereocenters. The topological polar surface area (TPSA) is 67.8 Å². The van der Waals surface area contributed by atoms with Crippen LogP contribution in [-0.2, 0) is 16.2 Å². The summed E-state index contributed by atoms with van der Waals surface area (Å²) in [5, 5.41) is 3.54. The number of anilines is 1. The fraction of sp³-hybridized carbons (Fsp3) is 0.188. The van der Waals surface area contributed by atoms with Crippen molar-refractivity contribution in [3.8, 4) is 5.75 Å². The Morgan fingerprint density at radius 3 is 2.10 bits per heavy atom. The predicted molar refractivity (Wildman–Crippen MR) is 89.3 cm³/mol. The molecule has 0 aliphatic carbocycles. The summed E-state index contributed by atoms with van der Waals surface area (Å²) >= 11 is 0. The van der Waals surface area contributed by atoms with Crippen molar-refractivity contribution in [1.82, 2.24) is 0 Å². The number of halogens is 7. The first kappa shape index (κ1) is 22.5. The van der Waals surface area contributed by atoms with Gasteiger partial charge in [0.15, 0.2) is 5.75 Å². The molecular formula is C16H11F7N2O3S. The molecule has 2 aromatic carbocycles. The molecule has 1 N–H and O–H groups in total. The molecule has 0 heterocycles. The third kappa shape index (κ3) is 5.59. The quantitative estimate of drug-likeness (QED) is 0.405. The lowest BCUT2D eigenvalue weighted by atomic mass is 10.1. The van der Waals surface area contributed by atoms with Gasteiger partial charge in [0.05, 0.1) is 17.0 Å². The van der Waals surface area contributed by atoms with Gasteiger partial charge in [-0.2, -0.15) is 34.8 Å². The van der Waals surface area contributed by atoms with E-state index in [9.17, 15) is 39.2 Å². The molecule has 0 saturated carbocycles. The Bertz CT molecular complexity index is 1010. The summed E-state index contributed by atoms with van der Waals surface area (Å²) in [4.78, 5) is 4.93. The Morgan fingerprint density at radius 2 is 1.59 bits per heavy atom. The van der Waals surface area contributed by atoms with E-state index in [1.54, 1.807) is 0 Å². The lowest BCUT2D eigenvalue weighted by Gasteiger charge is -2.16. The Hall–Kier alpha value is -2.83. The number of nitrogens with one attached hydrogen (secondary N) is 1. The van der Waals surface area contributed by atoms with Gasteiger partial charge < -0.3 is 4.84 Å². The average molecular weight is 444 g/mol. The zero-order valence-corrected chi connectivity index (χ0v) is 15.1. The summed E-state index contributed by atoms with van der Waals surface area (Å²) in [6.45, 7) is 1.16. The monoisotopic (exact) mass is 444 g/mol. The van der Waals surface area contributed by atoms with Gasteiger partial charge in [-0.3, -0.25) is 4.72 Å². The highest BCUT2D eigenvalue weighted by molar-refractivity contribution is 7.93. The van der Waals surface area contributed by atoms with E-state index in [2.05, 4.69) is 5.16 Å². The minimum absolute atomic E-state index is 0.0232. The highest BCUT2D eigenvalue weighted by Crippen LogP contribution is 2.34. The molecule has 0 amide bonds. The van der Waals surface area contributed by atoms with E-state index in [0.717, 1.165) is 29.8 Å². The molecule has 0 radical (unpaired) electrons. The fourth-order valence-corrected chi connectivity index (χ4v) is 2.56. The van der Waals surface area contributed by atoms with Gasteiger partial charge in [-0.25, -0.2) is 4.39 Å². The van der Waals surface area contributed by atoms with E-state index in [1.807, 2.05) is 0 Å². The number of sulfonamides is 1. The molecule has 2 aromatic rings. The SMILES string of the molecule is C/C(=N\Oc1ccc(F)cc1)c1ccc(C(F)(F)F)cc1NS(=O)(=O)C(F)(F)F. The van der Waals surface area contributed by atoms with E-state index in [4.69, 9.17) is 4.84 Å². The first-order valence-electron chi connectivity index (χ1n) is 7.48. The molecule has 0 aliphatic heterocycles. The van der Waals surface area contributed by atoms with Crippen molar-refractivity contribution >= 4 is 21.4 Å². The Kier molecular flexibility index (Phi) is 6.11. The van der Waals surface area contributed by atoms with E-state index in [-0.39, 0.29) is 17.5 Å². The van der Waals surface area contributed by atoms with Gasteiger partial charge in [0.1, 0.15) is 5.82 Å². The maximum atomic E-state index is 12.9. The summed E-state index contributed by atoms with van der Waals surface area (Å²) in [6.07, 6.45) is -4.94. The highest BCUT2D eigenvalue weighted by atomic mass is 32.2. The predicted octanol–water partition coefficient (Wildman–Crippen LogP) is 4.91. The molecule has 158 valence electrons. The van der Waals surface area contributed by atoms with Crippen LogP contribution in [0.3, 0.4) is 0 Å². The van der Waals surface area contributed by atoms with Gasteiger partial charge in [-0.05, 0) is 43.3 Å². The molecule has 13 heteroatoms. The molecule has 0 spiro atoms. The first-order chi connectivity index (χ1) is 13.2. The van der Waals surface area contributed by atoms with E-state index >= 15 is 0 Å². The van der Waals surface area contributed by atoms with Crippen molar-refractivity contribution in [3.63, 3.8) is 0 Å². The third-order valence-corrected chi connectivity index (χ3v) is 4.49. The van der Waals surface area contributed by atoms with Crippen LogP contribution in [0.1, 0.15) is 18.1 Å². The second kappa shape index (κ2) is 7.89. The van der Waals surface area contributed by atoms with E-state index in [1.165, 1.54) is 12.1 Å². The summed E-state index contributed by atoms with van der Waals surface area (Å²) in [5.74, 6) is -0.556. The van der Waals surface area contributed by atoms with Crippen LogP contribution in [0, 0.1) is 5.82 Å². The van der Waals surface area contributed by atoms with E-state index in [0.29, 0.717) is 6.07 Å². The van der Waals surface area contributed by atoms with Crippen LogP contribution in [0.15, 0.2) is 47.6 Å². The van der Waals surface area contributed by atoms with Crippen LogP contribution in [0.5, 0.6) is 5.75 Å². The van der Waals surface area contributed by atoms with Gasteiger partial charge in [0.2, 0.25) is 0 Å². The van der Waals surface area contributed by atoms with Crippen LogP contribution in [0.4, 0.5) is 36.4 Å². The van der Waals surface area contributed by atoms with Gasteiger partial charge in [-0.15, -0.1) is 0 Å². The van der Waals surface area contributed by atoms with Crippen LogP contribution in [0.2, 0.25) is 0 Å². The molecule has 0 bridgehead atoms. The van der Waals surface area contributed by atoms with Crippen molar-refractivity contribution in [2.75, 3.05) is 4.72 Å². The van der Waals surface area contributed by atoms with Gasteiger partial charge in [-0.1, -0.05) is 11.2 Å². The number of oxime groups is 1. The normalized spacial score (nSPS) is 13.3. The molecule has 5 nitrogen and oxygen atoms in total. The molecule has 0 fully saturated rings. The smallest absolute Gasteiger partial charge is 0.357 e. The minimum Gasteiger partial charge on any atom is -0.357 e. The number of benzene rings is 2. The van der Waals surface area contributed by atoms with Gasteiger partial charge >= 0.3 is 21.7 Å². The number of nitrogens with zero attached hydrogens (tertiary/aromatic N) is 1. The zero-order chi connectivity index (χ0) is 22.0. The third-order valence-electron chi connectivity index (χ3n) is 3.39. The van der Waals surface area contributed by atoms with Crippen molar-refractivity contribution < 1.29 is 44.0 Å². The molecule has 2 rings (SSSR count). The van der Waals surface area contributed by atoms with Crippen molar-refractivity contribution in [2.24, 2.45) is 5.16 Å². The largest absolute Gasteiger partial charge is 0.516 e. The lowest BCUT2D eigenvalue weighted by molar-refractivity contribution is -0.137. The fourth-order valence-electron chi connectivity index (χ4n) is 1.99. The molecule has 0 aromatic heterocycles. The van der Waals surface area contributed by atoms with Gasteiger partial charge in [0, 0.05) is 5.56 Å². The Balaban J connectivity index is 2.46. The Labute approximate surface area is 159 Å². The molecule has 0 saturated heterocycles. The summed E-state index contributed by atoms with van der Waals surface area (Å²) in [5.41, 5.74) is -8.78.